The summed E-state index contributed by atoms with van der Waals surface area (Å²) < 4.78 is 20.0. The summed E-state index contributed by atoms with van der Waals surface area (Å²) in [6.45, 7) is 1.77. The van der Waals surface area contributed by atoms with E-state index in [2.05, 4.69) is 15.0 Å². The number of pyridine rings is 1. The average Bonchev–Trinajstić information content (AvgIpc) is 2.62. The summed E-state index contributed by atoms with van der Waals surface area (Å²) in [6.07, 6.45) is 1.49. The van der Waals surface area contributed by atoms with E-state index in [-0.39, 0.29) is 17.7 Å². The molecule has 3 rings (SSSR count). The summed E-state index contributed by atoms with van der Waals surface area (Å²) in [7, 11) is 1.23. The number of ether oxygens (including phenoxy) is 1. The van der Waals surface area contributed by atoms with Crippen molar-refractivity contribution in [3.05, 3.63) is 74.5 Å². The number of fused-ring (bicyclic) bond motifs is 1. The summed E-state index contributed by atoms with van der Waals surface area (Å²) in [4.78, 5) is 28.2. The molecule has 0 radical (unpaired) electrons. The molecule has 1 N–H and O–H groups in total. The van der Waals surface area contributed by atoms with Gasteiger partial charge in [-0.15, -0.1) is 0 Å². The van der Waals surface area contributed by atoms with Crippen LogP contribution in [0.1, 0.15) is 21.6 Å². The minimum absolute atomic E-state index is 0.0966. The van der Waals surface area contributed by atoms with Crippen molar-refractivity contribution >= 4 is 28.9 Å². The highest BCUT2D eigenvalue weighted by Crippen LogP contribution is 2.22. The number of hydrogen-bond donors (Lipinski definition) is 1. The fourth-order valence-corrected chi connectivity index (χ4v) is 2.66. The van der Waals surface area contributed by atoms with E-state index in [0.29, 0.717) is 27.6 Å². The van der Waals surface area contributed by atoms with Gasteiger partial charge in [0.1, 0.15) is 11.5 Å². The first-order valence-corrected chi connectivity index (χ1v) is 8.07. The second-order valence-electron chi connectivity index (χ2n) is 5.64. The fraction of sp³-hybridized carbons (Fsp3) is 0.167. The van der Waals surface area contributed by atoms with E-state index in [4.69, 9.17) is 11.6 Å². The van der Waals surface area contributed by atoms with Crippen LogP contribution in [0.5, 0.6) is 0 Å². The van der Waals surface area contributed by atoms with Crippen molar-refractivity contribution in [1.82, 2.24) is 9.38 Å². The van der Waals surface area contributed by atoms with E-state index < -0.39 is 11.8 Å². The molecule has 26 heavy (non-hydrogen) atoms. The fourth-order valence-electron chi connectivity index (χ4n) is 2.50. The second kappa shape index (κ2) is 7.13. The molecule has 0 bridgehead atoms. The van der Waals surface area contributed by atoms with E-state index in [1.54, 1.807) is 19.1 Å². The van der Waals surface area contributed by atoms with E-state index >= 15 is 0 Å². The minimum Gasteiger partial charge on any atom is -0.465 e. The highest BCUT2D eigenvalue weighted by atomic mass is 35.5. The van der Waals surface area contributed by atoms with Gasteiger partial charge < -0.3 is 10.1 Å². The summed E-state index contributed by atoms with van der Waals surface area (Å²) in [6, 6.07) is 7.26. The Balaban J connectivity index is 1.90. The number of rotatable bonds is 4. The second-order valence-corrected chi connectivity index (χ2v) is 6.07. The molecular weight excluding hydrogens is 361 g/mol. The van der Waals surface area contributed by atoms with Crippen LogP contribution in [0.15, 0.2) is 41.3 Å². The standard InChI is InChI=1S/C18H15ClFN3O3/c1-10-14(20)5-11(18(25)26-2)6-15(10)21-8-13-7-17(24)23-9-12(19)3-4-16(23)22-13/h3-7,9,21H,8H2,1-2H3. The molecule has 0 saturated carbocycles. The Morgan fingerprint density at radius 3 is 2.85 bits per heavy atom. The maximum absolute atomic E-state index is 14.0. The van der Waals surface area contributed by atoms with Crippen molar-refractivity contribution in [3.63, 3.8) is 0 Å². The van der Waals surface area contributed by atoms with Gasteiger partial charge in [-0.05, 0) is 31.2 Å². The van der Waals surface area contributed by atoms with Crippen LogP contribution in [0, 0.1) is 12.7 Å². The molecule has 1 aromatic carbocycles. The van der Waals surface area contributed by atoms with Crippen molar-refractivity contribution in [2.75, 3.05) is 12.4 Å². The van der Waals surface area contributed by atoms with Crippen molar-refractivity contribution in [2.24, 2.45) is 0 Å². The number of nitrogens with zero attached hydrogens (tertiary/aromatic N) is 2. The van der Waals surface area contributed by atoms with Gasteiger partial charge in [-0.25, -0.2) is 14.2 Å². The molecule has 2 aromatic heterocycles. The third-order valence-electron chi connectivity index (χ3n) is 3.90. The molecule has 0 unspecified atom stereocenters. The molecule has 0 atom stereocenters. The van der Waals surface area contributed by atoms with Gasteiger partial charge >= 0.3 is 5.97 Å². The maximum atomic E-state index is 14.0. The number of halogens is 2. The van der Waals surface area contributed by atoms with Crippen molar-refractivity contribution < 1.29 is 13.9 Å². The van der Waals surface area contributed by atoms with Gasteiger partial charge in [0, 0.05) is 23.5 Å². The lowest BCUT2D eigenvalue weighted by Gasteiger charge is -2.12. The zero-order valence-electron chi connectivity index (χ0n) is 14.0. The molecule has 3 aromatic rings. The van der Waals surface area contributed by atoms with E-state index in [0.717, 1.165) is 6.07 Å². The average molecular weight is 376 g/mol. The number of benzene rings is 1. The van der Waals surface area contributed by atoms with Gasteiger partial charge in [0.2, 0.25) is 0 Å². The van der Waals surface area contributed by atoms with Crippen LogP contribution >= 0.6 is 11.6 Å². The van der Waals surface area contributed by atoms with Crippen LogP contribution in [-0.2, 0) is 11.3 Å². The van der Waals surface area contributed by atoms with Gasteiger partial charge in [-0.3, -0.25) is 9.20 Å². The summed E-state index contributed by atoms with van der Waals surface area (Å²) in [5, 5.41) is 3.44. The predicted octanol–water partition coefficient (Wildman–Crippen LogP) is 3.19. The molecule has 0 aliphatic carbocycles. The first kappa shape index (κ1) is 17.9. The maximum Gasteiger partial charge on any atom is 0.338 e. The monoisotopic (exact) mass is 375 g/mol. The molecule has 134 valence electrons. The van der Waals surface area contributed by atoms with Gasteiger partial charge in [0.15, 0.2) is 0 Å². The molecule has 0 saturated heterocycles. The number of anilines is 1. The topological polar surface area (TPSA) is 72.7 Å². The predicted molar refractivity (Wildman–Crippen MR) is 96.3 cm³/mol. The van der Waals surface area contributed by atoms with Crippen LogP contribution in [0.2, 0.25) is 5.02 Å². The summed E-state index contributed by atoms with van der Waals surface area (Å²) >= 11 is 5.88. The first-order valence-electron chi connectivity index (χ1n) is 7.69. The Kier molecular flexibility index (Phi) is 4.90. The zero-order valence-corrected chi connectivity index (χ0v) is 14.8. The van der Waals surface area contributed by atoms with E-state index in [9.17, 15) is 14.0 Å². The summed E-state index contributed by atoms with van der Waals surface area (Å²) in [5.74, 6) is -1.16. The molecule has 0 fully saturated rings. The van der Waals surface area contributed by atoms with Crippen LogP contribution in [0.4, 0.5) is 10.1 Å². The summed E-state index contributed by atoms with van der Waals surface area (Å²) in [5.41, 5.74) is 1.51. The number of esters is 1. The highest BCUT2D eigenvalue weighted by Gasteiger charge is 2.13. The Morgan fingerprint density at radius 2 is 2.12 bits per heavy atom. The van der Waals surface area contributed by atoms with E-state index in [1.807, 2.05) is 0 Å². The number of carbonyl (C=O) groups excluding carboxylic acids is 1. The van der Waals surface area contributed by atoms with Crippen molar-refractivity contribution in [3.8, 4) is 0 Å². The number of carbonyl (C=O) groups is 1. The van der Waals surface area contributed by atoms with Crippen LogP contribution in [-0.4, -0.2) is 22.5 Å². The molecular formula is C18H15ClFN3O3. The Bertz CT molecular complexity index is 1070. The number of aromatic nitrogens is 2. The lowest BCUT2D eigenvalue weighted by Crippen LogP contribution is -2.17. The van der Waals surface area contributed by atoms with E-state index in [1.165, 1.54) is 29.8 Å². The quantitative estimate of drug-likeness (QED) is 0.709. The van der Waals surface area contributed by atoms with Gasteiger partial charge in [0.25, 0.3) is 5.56 Å². The first-order chi connectivity index (χ1) is 12.4. The SMILES string of the molecule is COC(=O)c1cc(F)c(C)c(NCc2cc(=O)n3cc(Cl)ccc3n2)c1. The molecule has 0 spiro atoms. The Hall–Kier alpha value is -2.93. The lowest BCUT2D eigenvalue weighted by atomic mass is 10.1. The molecule has 8 heteroatoms. The minimum atomic E-state index is -0.633. The van der Waals surface area contributed by atoms with Gasteiger partial charge in [0.05, 0.1) is 29.9 Å². The molecule has 2 heterocycles. The Labute approximate surface area is 153 Å². The van der Waals surface area contributed by atoms with Crippen molar-refractivity contribution in [2.45, 2.75) is 13.5 Å². The molecule has 0 amide bonds. The van der Waals surface area contributed by atoms with Crippen LogP contribution < -0.4 is 10.9 Å². The molecule has 0 aliphatic rings. The lowest BCUT2D eigenvalue weighted by molar-refractivity contribution is 0.0600. The van der Waals surface area contributed by atoms with Crippen LogP contribution in [0.3, 0.4) is 0 Å². The Morgan fingerprint density at radius 1 is 1.35 bits per heavy atom. The zero-order chi connectivity index (χ0) is 18.8. The van der Waals surface area contributed by atoms with Gasteiger partial charge in [-0.1, -0.05) is 11.6 Å². The molecule has 0 aliphatic heterocycles. The third-order valence-corrected chi connectivity index (χ3v) is 4.13. The normalized spacial score (nSPS) is 10.8. The number of nitrogens with one attached hydrogen (secondary N) is 1. The molecule has 6 nitrogen and oxygen atoms in total. The van der Waals surface area contributed by atoms with Crippen LogP contribution in [0.25, 0.3) is 5.65 Å². The number of methoxy groups -OCH3 is 1. The van der Waals surface area contributed by atoms with Gasteiger partial charge in [-0.2, -0.15) is 0 Å². The van der Waals surface area contributed by atoms with Crippen molar-refractivity contribution in [1.29, 1.82) is 0 Å². The highest BCUT2D eigenvalue weighted by molar-refractivity contribution is 6.30. The largest absolute Gasteiger partial charge is 0.465 e. The third kappa shape index (κ3) is 3.52. The smallest absolute Gasteiger partial charge is 0.338 e. The number of hydrogen-bond acceptors (Lipinski definition) is 5.